The van der Waals surface area contributed by atoms with Crippen LogP contribution in [0.25, 0.3) is 11.0 Å². The Bertz CT molecular complexity index is 677. The number of aliphatic carboxylic acids is 1. The second-order valence-electron chi connectivity index (χ2n) is 5.29. The number of furan rings is 1. The van der Waals surface area contributed by atoms with Gasteiger partial charge in [0, 0.05) is 10.4 Å². The lowest BCUT2D eigenvalue weighted by Gasteiger charge is -2.15. The molecular weight excluding hydrogens is 294 g/mol. The number of nitrogens with one attached hydrogen (secondary N) is 1. The van der Waals surface area contributed by atoms with Crippen LogP contribution in [0.15, 0.2) is 28.7 Å². The molecule has 0 saturated carbocycles. The molecule has 2 aromatic rings. The van der Waals surface area contributed by atoms with Crippen molar-refractivity contribution >= 4 is 34.4 Å². The van der Waals surface area contributed by atoms with Gasteiger partial charge < -0.3 is 14.8 Å². The maximum atomic E-state index is 12.1. The molecule has 0 unspecified atom stereocenters. The number of carbonyl (C=O) groups is 2. The van der Waals surface area contributed by atoms with Crippen molar-refractivity contribution in [1.29, 1.82) is 0 Å². The van der Waals surface area contributed by atoms with E-state index in [-0.39, 0.29) is 11.7 Å². The summed E-state index contributed by atoms with van der Waals surface area (Å²) in [4.78, 5) is 23.3. The number of carboxylic acids is 1. The highest BCUT2D eigenvalue weighted by atomic mass is 35.5. The molecule has 0 bridgehead atoms. The Morgan fingerprint density at radius 3 is 2.67 bits per heavy atom. The first kappa shape index (κ1) is 15.4. The molecule has 0 aliphatic heterocycles. The van der Waals surface area contributed by atoms with E-state index in [1.54, 1.807) is 24.3 Å². The summed E-state index contributed by atoms with van der Waals surface area (Å²) in [7, 11) is 0. The van der Waals surface area contributed by atoms with Crippen molar-refractivity contribution < 1.29 is 19.1 Å². The van der Waals surface area contributed by atoms with Crippen molar-refractivity contribution in [3.63, 3.8) is 0 Å². The average molecular weight is 310 g/mol. The summed E-state index contributed by atoms with van der Waals surface area (Å²) in [5.74, 6) is -1.38. The van der Waals surface area contributed by atoms with Gasteiger partial charge in [-0.3, -0.25) is 4.79 Å². The summed E-state index contributed by atoms with van der Waals surface area (Å²) in [6.45, 7) is 3.79. The zero-order valence-corrected chi connectivity index (χ0v) is 12.5. The predicted octanol–water partition coefficient (Wildman–Crippen LogP) is 3.32. The number of carbonyl (C=O) groups excluding carboxylic acids is 1. The smallest absolute Gasteiger partial charge is 0.326 e. The summed E-state index contributed by atoms with van der Waals surface area (Å²) in [5, 5.41) is 12.8. The first-order valence-corrected chi connectivity index (χ1v) is 6.97. The van der Waals surface area contributed by atoms with Crippen LogP contribution in [0, 0.1) is 5.92 Å². The topological polar surface area (TPSA) is 79.5 Å². The molecule has 0 saturated heterocycles. The van der Waals surface area contributed by atoms with Crippen LogP contribution in [-0.2, 0) is 4.79 Å². The molecule has 0 aliphatic rings. The molecule has 0 spiro atoms. The Labute approximate surface area is 126 Å². The normalized spacial score (nSPS) is 12.6. The number of halogens is 1. The van der Waals surface area contributed by atoms with E-state index in [1.807, 2.05) is 13.8 Å². The zero-order valence-electron chi connectivity index (χ0n) is 11.7. The van der Waals surface area contributed by atoms with E-state index in [0.717, 1.165) is 0 Å². The van der Waals surface area contributed by atoms with Crippen LogP contribution in [0.2, 0.25) is 5.02 Å². The van der Waals surface area contributed by atoms with E-state index < -0.39 is 17.9 Å². The maximum Gasteiger partial charge on any atom is 0.326 e. The summed E-state index contributed by atoms with van der Waals surface area (Å²) in [6.07, 6.45) is 0.354. The van der Waals surface area contributed by atoms with Crippen molar-refractivity contribution in [2.24, 2.45) is 5.92 Å². The summed E-state index contributed by atoms with van der Waals surface area (Å²) < 4.78 is 5.41. The first-order valence-electron chi connectivity index (χ1n) is 6.59. The van der Waals surface area contributed by atoms with Crippen LogP contribution in [0.5, 0.6) is 0 Å². The molecule has 1 aromatic carbocycles. The SMILES string of the molecule is CC(C)C[C@@H](NC(=O)c1cc2cc(Cl)ccc2o1)C(=O)O. The van der Waals surface area contributed by atoms with E-state index in [1.165, 1.54) is 0 Å². The van der Waals surface area contributed by atoms with Crippen LogP contribution in [-0.4, -0.2) is 23.0 Å². The second kappa shape index (κ2) is 6.18. The lowest BCUT2D eigenvalue weighted by molar-refractivity contribution is -0.139. The van der Waals surface area contributed by atoms with Crippen LogP contribution in [0.4, 0.5) is 0 Å². The number of hydrogen-bond donors (Lipinski definition) is 2. The van der Waals surface area contributed by atoms with Gasteiger partial charge in [0.15, 0.2) is 5.76 Å². The highest BCUT2D eigenvalue weighted by Crippen LogP contribution is 2.23. The molecular formula is C15H16ClNO4. The van der Waals surface area contributed by atoms with Gasteiger partial charge in [0.05, 0.1) is 0 Å². The number of benzene rings is 1. The molecule has 21 heavy (non-hydrogen) atoms. The Morgan fingerprint density at radius 1 is 1.33 bits per heavy atom. The third-order valence-electron chi connectivity index (χ3n) is 3.01. The van der Waals surface area contributed by atoms with Gasteiger partial charge in [-0.25, -0.2) is 4.79 Å². The van der Waals surface area contributed by atoms with Gasteiger partial charge in [-0.15, -0.1) is 0 Å². The fourth-order valence-corrected chi connectivity index (χ4v) is 2.23. The lowest BCUT2D eigenvalue weighted by atomic mass is 10.0. The average Bonchev–Trinajstić information content (AvgIpc) is 2.80. The largest absolute Gasteiger partial charge is 0.480 e. The number of carboxylic acid groups (broad SMARTS) is 1. The molecule has 1 heterocycles. The van der Waals surface area contributed by atoms with E-state index in [4.69, 9.17) is 21.1 Å². The molecule has 0 aliphatic carbocycles. The number of rotatable bonds is 5. The summed E-state index contributed by atoms with van der Waals surface area (Å²) >= 11 is 5.87. The molecule has 1 amide bonds. The summed E-state index contributed by atoms with van der Waals surface area (Å²) in [5.41, 5.74) is 0.528. The van der Waals surface area contributed by atoms with Gasteiger partial charge in [-0.1, -0.05) is 25.4 Å². The van der Waals surface area contributed by atoms with E-state index >= 15 is 0 Å². The molecule has 112 valence electrons. The Balaban J connectivity index is 2.19. The van der Waals surface area contributed by atoms with Crippen LogP contribution >= 0.6 is 11.6 Å². The Kier molecular flexibility index (Phi) is 4.53. The maximum absolute atomic E-state index is 12.1. The van der Waals surface area contributed by atoms with E-state index in [0.29, 0.717) is 22.4 Å². The molecule has 5 nitrogen and oxygen atoms in total. The van der Waals surface area contributed by atoms with Crippen molar-refractivity contribution in [2.75, 3.05) is 0 Å². The Morgan fingerprint density at radius 2 is 2.05 bits per heavy atom. The molecule has 0 fully saturated rings. The van der Waals surface area contributed by atoms with Crippen LogP contribution in [0.1, 0.15) is 30.8 Å². The van der Waals surface area contributed by atoms with Gasteiger partial charge in [-0.2, -0.15) is 0 Å². The van der Waals surface area contributed by atoms with Crippen LogP contribution in [0.3, 0.4) is 0 Å². The molecule has 2 N–H and O–H groups in total. The quantitative estimate of drug-likeness (QED) is 0.888. The monoisotopic (exact) mass is 309 g/mol. The van der Waals surface area contributed by atoms with E-state index in [2.05, 4.69) is 5.32 Å². The molecule has 1 atom stereocenters. The van der Waals surface area contributed by atoms with Crippen molar-refractivity contribution in [2.45, 2.75) is 26.3 Å². The fraction of sp³-hybridized carbons (Fsp3) is 0.333. The third-order valence-corrected chi connectivity index (χ3v) is 3.25. The van der Waals surface area contributed by atoms with Crippen molar-refractivity contribution in [3.05, 3.63) is 35.0 Å². The Hall–Kier alpha value is -2.01. The standard InChI is InChI=1S/C15H16ClNO4/c1-8(2)5-11(15(19)20)17-14(18)13-7-9-6-10(16)3-4-12(9)21-13/h3-4,6-8,11H,5H2,1-2H3,(H,17,18)(H,19,20)/t11-/m1/s1. The van der Waals surface area contributed by atoms with Crippen LogP contribution < -0.4 is 5.32 Å². The molecule has 1 aromatic heterocycles. The predicted molar refractivity (Wildman–Crippen MR) is 79.6 cm³/mol. The molecule has 6 heteroatoms. The summed E-state index contributed by atoms with van der Waals surface area (Å²) in [6, 6.07) is 5.62. The van der Waals surface area contributed by atoms with Crippen molar-refractivity contribution in [3.8, 4) is 0 Å². The van der Waals surface area contributed by atoms with Gasteiger partial charge >= 0.3 is 5.97 Å². The number of fused-ring (bicyclic) bond motifs is 1. The van der Waals surface area contributed by atoms with E-state index in [9.17, 15) is 9.59 Å². The zero-order chi connectivity index (χ0) is 15.6. The minimum Gasteiger partial charge on any atom is -0.480 e. The molecule has 0 radical (unpaired) electrons. The van der Waals surface area contributed by atoms with Gasteiger partial charge in [0.2, 0.25) is 0 Å². The first-order chi connectivity index (χ1) is 9.86. The lowest BCUT2D eigenvalue weighted by Crippen LogP contribution is -2.41. The van der Waals surface area contributed by atoms with Gasteiger partial charge in [0.25, 0.3) is 5.91 Å². The number of amides is 1. The molecule has 2 rings (SSSR count). The second-order valence-corrected chi connectivity index (χ2v) is 5.72. The van der Waals surface area contributed by atoms with Gasteiger partial charge in [0.1, 0.15) is 11.6 Å². The van der Waals surface area contributed by atoms with Crippen molar-refractivity contribution in [1.82, 2.24) is 5.32 Å². The minimum absolute atomic E-state index is 0.0715. The fourth-order valence-electron chi connectivity index (χ4n) is 2.05. The van der Waals surface area contributed by atoms with Gasteiger partial charge in [-0.05, 0) is 36.6 Å². The minimum atomic E-state index is -1.06. The highest BCUT2D eigenvalue weighted by Gasteiger charge is 2.23. The highest BCUT2D eigenvalue weighted by molar-refractivity contribution is 6.31. The third kappa shape index (κ3) is 3.76. The number of hydrogen-bond acceptors (Lipinski definition) is 3.